The lowest BCUT2D eigenvalue weighted by molar-refractivity contribution is -0.149. The third-order valence-corrected chi connectivity index (χ3v) is 10.1. The van der Waals surface area contributed by atoms with Gasteiger partial charge in [-0.05, 0) is 74.4 Å². The molecule has 2 aromatic rings. The smallest absolute Gasteiger partial charge is 0.410 e. The fourth-order valence-corrected chi connectivity index (χ4v) is 6.60. The van der Waals surface area contributed by atoms with Crippen LogP contribution < -0.4 is 4.74 Å². The third-order valence-electron chi connectivity index (χ3n) is 10.1. The van der Waals surface area contributed by atoms with Gasteiger partial charge in [-0.3, -0.25) is 4.79 Å². The molecule has 2 fully saturated rings. The first-order chi connectivity index (χ1) is 25.9. The lowest BCUT2D eigenvalue weighted by atomic mass is 9.89. The van der Waals surface area contributed by atoms with Gasteiger partial charge in [0.05, 0.1) is 18.8 Å². The van der Waals surface area contributed by atoms with Gasteiger partial charge in [-0.25, -0.2) is 9.59 Å². The Kier molecular flexibility index (Phi) is 14.2. The van der Waals surface area contributed by atoms with Gasteiger partial charge in [0.25, 0.3) is 0 Å². The molecule has 2 amide bonds. The van der Waals surface area contributed by atoms with E-state index in [9.17, 15) is 19.5 Å². The molecule has 54 heavy (non-hydrogen) atoms. The maximum atomic E-state index is 13.1. The second-order valence-corrected chi connectivity index (χ2v) is 14.8. The Bertz CT molecular complexity index is 1640. The van der Waals surface area contributed by atoms with Gasteiger partial charge in [-0.15, -0.1) is 0 Å². The number of benzene rings is 1. The summed E-state index contributed by atoms with van der Waals surface area (Å²) in [7, 11) is 2.02. The number of hydrogen-bond acceptors (Lipinski definition) is 12. The first-order valence-electron chi connectivity index (χ1n) is 18.9. The van der Waals surface area contributed by atoms with E-state index < -0.39 is 30.0 Å². The summed E-state index contributed by atoms with van der Waals surface area (Å²) >= 11 is 0. The Hall–Kier alpha value is -4.76. The van der Waals surface area contributed by atoms with Gasteiger partial charge in [0.1, 0.15) is 17.8 Å². The number of carbonyl (C=O) groups excluding carboxylic acids is 3. The summed E-state index contributed by atoms with van der Waals surface area (Å²) in [6.07, 6.45) is 9.01. The zero-order valence-electron chi connectivity index (χ0n) is 32.1. The minimum absolute atomic E-state index is 0.0858. The van der Waals surface area contributed by atoms with E-state index in [4.69, 9.17) is 18.9 Å². The van der Waals surface area contributed by atoms with Crippen molar-refractivity contribution in [1.29, 1.82) is 0 Å². The Morgan fingerprint density at radius 1 is 1.07 bits per heavy atom. The highest BCUT2D eigenvalue weighted by Crippen LogP contribution is 2.27. The van der Waals surface area contributed by atoms with Gasteiger partial charge < -0.3 is 38.8 Å². The molecule has 3 aliphatic rings. The number of piperazine rings is 1. The van der Waals surface area contributed by atoms with E-state index in [2.05, 4.69) is 20.4 Å². The summed E-state index contributed by atoms with van der Waals surface area (Å²) in [6.45, 7) is 11.1. The van der Waals surface area contributed by atoms with Crippen LogP contribution in [0.25, 0.3) is 5.69 Å². The average molecular weight is 750 g/mol. The van der Waals surface area contributed by atoms with Gasteiger partial charge in [-0.2, -0.15) is 4.68 Å². The van der Waals surface area contributed by atoms with E-state index in [0.717, 1.165) is 24.4 Å². The number of aliphatic hydroxyl groups is 1. The predicted molar refractivity (Wildman–Crippen MR) is 200 cm³/mol. The first kappa shape index (κ1) is 40.4. The number of allylic oxidation sites excluding steroid dienone is 2. The van der Waals surface area contributed by atoms with Crippen molar-refractivity contribution in [3.05, 3.63) is 66.3 Å². The molecule has 1 N–H and O–H groups in total. The topological polar surface area (TPSA) is 162 Å². The van der Waals surface area contributed by atoms with Crippen LogP contribution in [0.15, 0.2) is 66.3 Å². The van der Waals surface area contributed by atoms with Crippen LogP contribution in [0.5, 0.6) is 6.01 Å². The van der Waals surface area contributed by atoms with Crippen molar-refractivity contribution in [2.24, 2.45) is 11.8 Å². The molecule has 1 aromatic heterocycles. The monoisotopic (exact) mass is 749 g/mol. The van der Waals surface area contributed by atoms with Gasteiger partial charge in [0, 0.05) is 57.4 Å². The molecule has 2 saturated heterocycles. The summed E-state index contributed by atoms with van der Waals surface area (Å²) in [6, 6.07) is 9.70. The number of nitrogens with zero attached hydrogens (tertiary/aromatic N) is 7. The van der Waals surface area contributed by atoms with Crippen molar-refractivity contribution in [3.63, 3.8) is 0 Å². The number of esters is 1. The van der Waals surface area contributed by atoms with Crippen LogP contribution >= 0.6 is 0 Å². The number of aromatic nitrogens is 4. The number of ether oxygens (including phenoxy) is 4. The minimum Gasteiger partial charge on any atom is -0.457 e. The van der Waals surface area contributed by atoms with E-state index in [0.29, 0.717) is 51.9 Å². The molecule has 0 bridgehead atoms. The Morgan fingerprint density at radius 2 is 1.83 bits per heavy atom. The van der Waals surface area contributed by atoms with Crippen LogP contribution in [-0.4, -0.2) is 135 Å². The maximum Gasteiger partial charge on any atom is 0.410 e. The molecular formula is C39H55N7O8. The average Bonchev–Trinajstić information content (AvgIpc) is 3.83. The number of cyclic esters (lactones) is 1. The van der Waals surface area contributed by atoms with Gasteiger partial charge in [0.2, 0.25) is 0 Å². The number of tetrazole rings is 1. The second-order valence-electron chi connectivity index (χ2n) is 14.8. The zero-order valence-corrected chi connectivity index (χ0v) is 32.1. The van der Waals surface area contributed by atoms with E-state index in [1.807, 2.05) is 82.5 Å². The fourth-order valence-electron chi connectivity index (χ4n) is 6.60. The molecule has 294 valence electrons. The highest BCUT2D eigenvalue weighted by Gasteiger charge is 2.36. The Balaban J connectivity index is 1.13. The molecule has 4 heterocycles. The molecule has 0 radical (unpaired) electrons. The standard InChI is InChI=1S/C39H55N7O8/c1-28(27-51-37(48)45-21-19-32(26-45)52-36-40-41-42-46(36)31-14-7-6-8-15-31)12-11-13-29(2)35-30(3)17-18-33(39(4,50)20-10-9-16-34(47)54-35)53-38(49)44-24-22-43(5)23-25-44/h6-8,11-15,17-18,28,30,32-33,35,50H,9-10,16,19-27H2,1-5H3/b12-11+,18-17+,29-13+/t28-,30+,32+,33-,35-,39+/m1/s1. The Morgan fingerprint density at radius 3 is 2.59 bits per heavy atom. The van der Waals surface area contributed by atoms with Crippen LogP contribution in [-0.2, 0) is 19.0 Å². The highest BCUT2D eigenvalue weighted by molar-refractivity contribution is 5.70. The Labute approximate surface area is 317 Å². The SMILES string of the molecule is C/C(=C\C=C\[C@@H](C)COC(=O)N1CC[C@H](Oc2nnnn2-c2ccccc2)C1)[C@H]1OC(=O)CCCC[C@](C)(O)[C@H](OC(=O)N2CCN(C)CC2)/C=C/[C@@H]1C. The van der Waals surface area contributed by atoms with Crippen LogP contribution in [0.1, 0.15) is 59.8 Å². The van der Waals surface area contributed by atoms with E-state index >= 15 is 0 Å². The van der Waals surface area contributed by atoms with Gasteiger partial charge in [-0.1, -0.05) is 61.4 Å². The van der Waals surface area contributed by atoms with Crippen molar-refractivity contribution >= 4 is 18.2 Å². The molecule has 1 aromatic carbocycles. The molecule has 0 spiro atoms. The van der Waals surface area contributed by atoms with E-state index in [-0.39, 0.29) is 42.9 Å². The van der Waals surface area contributed by atoms with Crippen LogP contribution in [0.4, 0.5) is 9.59 Å². The molecule has 0 unspecified atom stereocenters. The number of amides is 2. The van der Waals surface area contributed by atoms with Crippen molar-refractivity contribution < 1.29 is 38.4 Å². The molecule has 3 aliphatic heterocycles. The van der Waals surface area contributed by atoms with Crippen molar-refractivity contribution in [2.45, 2.75) is 83.7 Å². The van der Waals surface area contributed by atoms with Gasteiger partial charge >= 0.3 is 24.2 Å². The van der Waals surface area contributed by atoms with E-state index in [1.165, 1.54) is 4.68 Å². The number of rotatable bonds is 9. The van der Waals surface area contributed by atoms with E-state index in [1.54, 1.807) is 22.8 Å². The fraction of sp³-hybridized carbons (Fsp3) is 0.590. The summed E-state index contributed by atoms with van der Waals surface area (Å²) < 4.78 is 25.0. The number of hydrogen-bond donors (Lipinski definition) is 1. The molecular weight excluding hydrogens is 694 g/mol. The lowest BCUT2D eigenvalue weighted by Gasteiger charge is -2.36. The number of likely N-dealkylation sites (tertiary alicyclic amines) is 1. The number of likely N-dealkylation sites (N-methyl/N-ethyl adjacent to an activating group) is 1. The third kappa shape index (κ3) is 11.4. The quantitative estimate of drug-likeness (QED) is 0.165. The van der Waals surface area contributed by atoms with Crippen LogP contribution in [0.3, 0.4) is 0 Å². The van der Waals surface area contributed by atoms with Crippen molar-refractivity contribution in [2.75, 3.05) is 52.9 Å². The summed E-state index contributed by atoms with van der Waals surface area (Å²) in [5, 5.41) is 23.2. The minimum atomic E-state index is -1.31. The predicted octanol–water partition coefficient (Wildman–Crippen LogP) is 4.57. The second kappa shape index (κ2) is 19.0. The first-order valence-corrected chi connectivity index (χ1v) is 18.9. The summed E-state index contributed by atoms with van der Waals surface area (Å²) in [5.74, 6) is -0.673. The normalized spacial score (nSPS) is 27.4. The van der Waals surface area contributed by atoms with Crippen LogP contribution in [0, 0.1) is 11.8 Å². The number of carbonyl (C=O) groups is 3. The largest absolute Gasteiger partial charge is 0.457 e. The lowest BCUT2D eigenvalue weighted by Crippen LogP contribution is -2.50. The summed E-state index contributed by atoms with van der Waals surface area (Å²) in [5.41, 5.74) is 0.283. The number of para-hydroxylation sites is 1. The molecule has 5 rings (SSSR count). The molecule has 15 heteroatoms. The maximum absolute atomic E-state index is 13.1. The van der Waals surface area contributed by atoms with Crippen LogP contribution in [0.2, 0.25) is 0 Å². The molecule has 15 nitrogen and oxygen atoms in total. The highest BCUT2D eigenvalue weighted by atomic mass is 16.6. The molecule has 0 saturated carbocycles. The summed E-state index contributed by atoms with van der Waals surface area (Å²) in [4.78, 5) is 44.3. The molecule has 6 atom stereocenters. The molecule has 0 aliphatic carbocycles. The van der Waals surface area contributed by atoms with Gasteiger partial charge in [0.15, 0.2) is 6.10 Å². The van der Waals surface area contributed by atoms with Crippen molar-refractivity contribution in [3.8, 4) is 11.7 Å². The van der Waals surface area contributed by atoms with Crippen molar-refractivity contribution in [1.82, 2.24) is 34.9 Å². The zero-order chi connectivity index (χ0) is 38.7.